The molecular weight excluding hydrogens is 452 g/mol. The molecular formula is C22H30N2O6S2. The van der Waals surface area contributed by atoms with Crippen LogP contribution in [-0.2, 0) is 24.8 Å². The van der Waals surface area contributed by atoms with E-state index >= 15 is 0 Å². The van der Waals surface area contributed by atoms with Gasteiger partial charge in [0.2, 0.25) is 20.0 Å². The Balaban J connectivity index is 1.65. The van der Waals surface area contributed by atoms with Gasteiger partial charge in [-0.3, -0.25) is 0 Å². The number of piperazine rings is 1. The van der Waals surface area contributed by atoms with E-state index in [-0.39, 0.29) is 36.0 Å². The van der Waals surface area contributed by atoms with Crippen molar-refractivity contribution in [3.8, 4) is 5.75 Å². The maximum atomic E-state index is 13.0. The summed E-state index contributed by atoms with van der Waals surface area (Å²) in [6, 6.07) is 11.4. The zero-order chi connectivity index (χ0) is 23.4. The summed E-state index contributed by atoms with van der Waals surface area (Å²) in [4.78, 5) is 0.416. The first-order chi connectivity index (χ1) is 15.2. The number of benzene rings is 2. The number of aryl methyl sites for hydroxylation is 2. The second-order valence-electron chi connectivity index (χ2n) is 7.59. The van der Waals surface area contributed by atoms with Gasteiger partial charge in [-0.2, -0.15) is 8.61 Å². The fourth-order valence-electron chi connectivity index (χ4n) is 3.60. The first kappa shape index (κ1) is 24.7. The van der Waals surface area contributed by atoms with Crippen LogP contribution in [0.25, 0.3) is 0 Å². The summed E-state index contributed by atoms with van der Waals surface area (Å²) in [5.41, 5.74) is 1.67. The highest BCUT2D eigenvalue weighted by Crippen LogP contribution is 2.25. The fraction of sp³-hybridized carbons (Fsp3) is 0.455. The average Bonchev–Trinajstić information content (AvgIpc) is 2.77. The average molecular weight is 483 g/mol. The van der Waals surface area contributed by atoms with Gasteiger partial charge in [0.15, 0.2) is 0 Å². The Morgan fingerprint density at radius 2 is 1.41 bits per heavy atom. The van der Waals surface area contributed by atoms with E-state index in [0.717, 1.165) is 5.56 Å². The highest BCUT2D eigenvalue weighted by atomic mass is 32.2. The third kappa shape index (κ3) is 5.49. The third-order valence-corrected chi connectivity index (χ3v) is 9.28. The van der Waals surface area contributed by atoms with Crippen LogP contribution in [0.15, 0.2) is 52.3 Å². The molecule has 0 spiro atoms. The van der Waals surface area contributed by atoms with Crippen LogP contribution in [0.4, 0.5) is 0 Å². The van der Waals surface area contributed by atoms with Crippen molar-refractivity contribution in [2.45, 2.75) is 30.6 Å². The van der Waals surface area contributed by atoms with Crippen molar-refractivity contribution >= 4 is 20.0 Å². The Morgan fingerprint density at radius 1 is 0.812 bits per heavy atom. The molecule has 0 amide bonds. The van der Waals surface area contributed by atoms with Gasteiger partial charge in [-0.15, -0.1) is 0 Å². The number of hydrogen-bond donors (Lipinski definition) is 0. The highest BCUT2D eigenvalue weighted by Gasteiger charge is 2.34. The maximum Gasteiger partial charge on any atom is 0.243 e. The molecule has 0 bridgehead atoms. The Morgan fingerprint density at radius 3 is 1.97 bits per heavy atom. The number of ether oxygens (including phenoxy) is 2. The molecule has 1 saturated heterocycles. The van der Waals surface area contributed by atoms with E-state index in [4.69, 9.17) is 9.47 Å². The zero-order valence-corrected chi connectivity index (χ0v) is 20.3. The molecule has 1 fully saturated rings. The first-order valence-corrected chi connectivity index (χ1v) is 13.4. The largest absolute Gasteiger partial charge is 0.491 e. The summed E-state index contributed by atoms with van der Waals surface area (Å²) in [6.45, 7) is 7.44. The van der Waals surface area contributed by atoms with Gasteiger partial charge in [0, 0.05) is 32.8 Å². The quantitative estimate of drug-likeness (QED) is 0.510. The lowest BCUT2D eigenvalue weighted by atomic mass is 10.2. The molecule has 10 heteroatoms. The predicted molar refractivity (Wildman–Crippen MR) is 122 cm³/mol. The summed E-state index contributed by atoms with van der Waals surface area (Å²) in [5.74, 6) is 0.563. The molecule has 0 radical (unpaired) electrons. The molecule has 1 aliphatic heterocycles. The Labute approximate surface area is 190 Å². The third-order valence-electron chi connectivity index (χ3n) is 5.31. The van der Waals surface area contributed by atoms with E-state index in [1.54, 1.807) is 31.2 Å². The van der Waals surface area contributed by atoms with E-state index in [1.165, 1.54) is 20.7 Å². The Hall–Kier alpha value is -1.98. The summed E-state index contributed by atoms with van der Waals surface area (Å²) < 4.78 is 65.5. The van der Waals surface area contributed by atoms with Gasteiger partial charge >= 0.3 is 0 Å². The van der Waals surface area contributed by atoms with Gasteiger partial charge in [0.05, 0.1) is 16.4 Å². The van der Waals surface area contributed by atoms with Gasteiger partial charge < -0.3 is 9.47 Å². The van der Waals surface area contributed by atoms with E-state index in [2.05, 4.69) is 0 Å². The molecule has 0 N–H and O–H groups in total. The smallest absolute Gasteiger partial charge is 0.243 e. The van der Waals surface area contributed by atoms with Gasteiger partial charge in [-0.1, -0.05) is 17.7 Å². The van der Waals surface area contributed by atoms with E-state index in [9.17, 15) is 16.8 Å². The molecule has 0 unspecified atom stereocenters. The molecule has 1 heterocycles. The molecule has 32 heavy (non-hydrogen) atoms. The molecule has 0 aliphatic carbocycles. The number of nitrogens with zero attached hydrogens (tertiary/aromatic N) is 2. The molecule has 176 valence electrons. The Kier molecular flexibility index (Phi) is 7.94. The lowest BCUT2D eigenvalue weighted by Crippen LogP contribution is -2.50. The van der Waals surface area contributed by atoms with Crippen LogP contribution in [0.3, 0.4) is 0 Å². The molecule has 2 aromatic rings. The van der Waals surface area contributed by atoms with Crippen LogP contribution in [0.1, 0.15) is 18.1 Å². The van der Waals surface area contributed by atoms with Crippen LogP contribution >= 0.6 is 0 Å². The normalized spacial score (nSPS) is 16.2. The Bertz CT molecular complexity index is 1120. The van der Waals surface area contributed by atoms with E-state index in [1.807, 2.05) is 19.9 Å². The lowest BCUT2D eigenvalue weighted by Gasteiger charge is -2.33. The minimum absolute atomic E-state index is 0.0963. The van der Waals surface area contributed by atoms with Crippen LogP contribution in [-0.4, -0.2) is 71.4 Å². The first-order valence-electron chi connectivity index (χ1n) is 10.5. The van der Waals surface area contributed by atoms with Crippen LogP contribution < -0.4 is 4.74 Å². The van der Waals surface area contributed by atoms with Crippen molar-refractivity contribution in [1.82, 2.24) is 8.61 Å². The van der Waals surface area contributed by atoms with Crippen LogP contribution in [0.2, 0.25) is 0 Å². The predicted octanol–water partition coefficient (Wildman–Crippen LogP) is 2.41. The monoisotopic (exact) mass is 482 g/mol. The van der Waals surface area contributed by atoms with Crippen molar-refractivity contribution < 1.29 is 26.3 Å². The SMILES string of the molecule is CCOCCOc1ccc(S(=O)(=O)N2CCN(S(=O)(=O)c3ccc(C)cc3C)CC2)cc1. The van der Waals surface area contributed by atoms with Crippen LogP contribution in [0.5, 0.6) is 5.75 Å². The topological polar surface area (TPSA) is 93.2 Å². The molecule has 2 aromatic carbocycles. The summed E-state index contributed by atoms with van der Waals surface area (Å²) in [5, 5.41) is 0. The molecule has 0 atom stereocenters. The maximum absolute atomic E-state index is 13.0. The summed E-state index contributed by atoms with van der Waals surface area (Å²) in [6.07, 6.45) is 0. The summed E-state index contributed by atoms with van der Waals surface area (Å²) in [7, 11) is -7.40. The zero-order valence-electron chi connectivity index (χ0n) is 18.7. The molecule has 0 saturated carbocycles. The van der Waals surface area contributed by atoms with Crippen molar-refractivity contribution in [3.63, 3.8) is 0 Å². The van der Waals surface area contributed by atoms with Gasteiger partial charge in [-0.25, -0.2) is 16.8 Å². The molecule has 8 nitrogen and oxygen atoms in total. The highest BCUT2D eigenvalue weighted by molar-refractivity contribution is 7.89. The second kappa shape index (κ2) is 10.3. The second-order valence-corrected chi connectivity index (χ2v) is 11.4. The van der Waals surface area contributed by atoms with E-state index in [0.29, 0.717) is 31.1 Å². The van der Waals surface area contributed by atoms with Crippen molar-refractivity contribution in [2.75, 3.05) is 46.0 Å². The minimum atomic E-state index is -3.72. The van der Waals surface area contributed by atoms with Crippen molar-refractivity contribution in [1.29, 1.82) is 0 Å². The number of sulfonamides is 2. The minimum Gasteiger partial charge on any atom is -0.491 e. The van der Waals surface area contributed by atoms with Gasteiger partial charge in [-0.05, 0) is 56.7 Å². The van der Waals surface area contributed by atoms with Crippen molar-refractivity contribution in [2.24, 2.45) is 0 Å². The standard InChI is InChI=1S/C22H30N2O6S2/c1-4-29-15-16-30-20-6-8-21(9-7-20)31(25,26)23-11-13-24(14-12-23)32(27,28)22-10-5-18(2)17-19(22)3/h5-10,17H,4,11-16H2,1-3H3. The van der Waals surface area contributed by atoms with Crippen LogP contribution in [0, 0.1) is 13.8 Å². The van der Waals surface area contributed by atoms with Gasteiger partial charge in [0.25, 0.3) is 0 Å². The van der Waals surface area contributed by atoms with Crippen molar-refractivity contribution in [3.05, 3.63) is 53.6 Å². The molecule has 1 aliphatic rings. The number of hydrogen-bond acceptors (Lipinski definition) is 6. The fourth-order valence-corrected chi connectivity index (χ4v) is 6.65. The molecule has 3 rings (SSSR count). The van der Waals surface area contributed by atoms with E-state index < -0.39 is 20.0 Å². The van der Waals surface area contributed by atoms with Gasteiger partial charge in [0.1, 0.15) is 12.4 Å². The lowest BCUT2D eigenvalue weighted by molar-refractivity contribution is 0.110. The number of rotatable bonds is 9. The molecule has 0 aromatic heterocycles. The summed E-state index contributed by atoms with van der Waals surface area (Å²) >= 11 is 0.